The molecule has 0 aliphatic heterocycles. The van der Waals surface area contributed by atoms with Crippen LogP contribution in [0.15, 0.2) is 24.4 Å². The summed E-state index contributed by atoms with van der Waals surface area (Å²) in [6, 6.07) is 5.92. The first-order valence-corrected chi connectivity index (χ1v) is 5.41. The maximum atomic E-state index is 5.77. The number of fused-ring (bicyclic) bond motifs is 1. The Labute approximate surface area is 89.9 Å². The van der Waals surface area contributed by atoms with Crippen molar-refractivity contribution in [3.05, 3.63) is 24.4 Å². The van der Waals surface area contributed by atoms with Gasteiger partial charge in [-0.15, -0.1) is 0 Å². The van der Waals surface area contributed by atoms with Gasteiger partial charge in [0.1, 0.15) is 0 Å². The zero-order chi connectivity index (χ0) is 10.8. The van der Waals surface area contributed by atoms with Gasteiger partial charge in [-0.05, 0) is 24.1 Å². The maximum Gasteiger partial charge on any atom is 0.0702 e. The fourth-order valence-electron chi connectivity index (χ4n) is 1.66. The van der Waals surface area contributed by atoms with Crippen molar-refractivity contribution in [1.82, 2.24) is 9.78 Å². The normalized spacial score (nSPS) is 13.2. The van der Waals surface area contributed by atoms with Crippen LogP contribution in [0, 0.1) is 5.92 Å². The summed E-state index contributed by atoms with van der Waals surface area (Å²) in [6.07, 6.45) is 3.07. The topological polar surface area (TPSA) is 43.8 Å². The summed E-state index contributed by atoms with van der Waals surface area (Å²) in [5, 5.41) is 5.55. The molecule has 2 N–H and O–H groups in total. The van der Waals surface area contributed by atoms with Gasteiger partial charge in [0.25, 0.3) is 0 Å². The molecule has 0 amide bonds. The SMILES string of the molecule is CC[C@H](C)Cn1ncc2ccc(N)cc21. The van der Waals surface area contributed by atoms with Gasteiger partial charge in [-0.2, -0.15) is 5.10 Å². The summed E-state index contributed by atoms with van der Waals surface area (Å²) < 4.78 is 2.04. The Hall–Kier alpha value is -1.51. The smallest absolute Gasteiger partial charge is 0.0702 e. The van der Waals surface area contributed by atoms with Crippen molar-refractivity contribution >= 4 is 16.6 Å². The summed E-state index contributed by atoms with van der Waals surface area (Å²) in [6.45, 7) is 5.40. The minimum absolute atomic E-state index is 0.648. The van der Waals surface area contributed by atoms with E-state index in [9.17, 15) is 0 Å². The highest BCUT2D eigenvalue weighted by molar-refractivity contribution is 5.81. The van der Waals surface area contributed by atoms with Gasteiger partial charge in [-0.25, -0.2) is 0 Å². The van der Waals surface area contributed by atoms with Crippen molar-refractivity contribution in [3.63, 3.8) is 0 Å². The summed E-state index contributed by atoms with van der Waals surface area (Å²) in [5.41, 5.74) is 7.71. The number of anilines is 1. The predicted octanol–water partition coefficient (Wildman–Crippen LogP) is 2.66. The van der Waals surface area contributed by atoms with E-state index >= 15 is 0 Å². The molecule has 1 aromatic carbocycles. The van der Waals surface area contributed by atoms with Crippen molar-refractivity contribution in [1.29, 1.82) is 0 Å². The number of nitrogens with zero attached hydrogens (tertiary/aromatic N) is 2. The van der Waals surface area contributed by atoms with E-state index in [4.69, 9.17) is 5.73 Å². The number of benzene rings is 1. The number of nitrogen functional groups attached to an aromatic ring is 1. The van der Waals surface area contributed by atoms with E-state index < -0.39 is 0 Å². The number of nitrogens with two attached hydrogens (primary N) is 1. The lowest BCUT2D eigenvalue weighted by Crippen LogP contribution is -2.07. The molecule has 0 radical (unpaired) electrons. The van der Waals surface area contributed by atoms with Crippen LogP contribution in [-0.4, -0.2) is 9.78 Å². The standard InChI is InChI=1S/C12H17N3/c1-3-9(2)8-15-12-6-11(13)5-4-10(12)7-14-15/h4-7,9H,3,8,13H2,1-2H3/t9-/m0/s1. The quantitative estimate of drug-likeness (QED) is 0.779. The van der Waals surface area contributed by atoms with Crippen LogP contribution in [0.25, 0.3) is 10.9 Å². The molecule has 1 heterocycles. The Morgan fingerprint density at radius 3 is 3.00 bits per heavy atom. The lowest BCUT2D eigenvalue weighted by atomic mass is 10.1. The number of hydrogen-bond acceptors (Lipinski definition) is 2. The van der Waals surface area contributed by atoms with Gasteiger partial charge in [-0.1, -0.05) is 20.3 Å². The molecular weight excluding hydrogens is 186 g/mol. The van der Waals surface area contributed by atoms with E-state index in [0.717, 1.165) is 23.1 Å². The van der Waals surface area contributed by atoms with E-state index in [2.05, 4.69) is 18.9 Å². The van der Waals surface area contributed by atoms with E-state index in [1.165, 1.54) is 6.42 Å². The summed E-state index contributed by atoms with van der Waals surface area (Å²) in [4.78, 5) is 0. The molecule has 0 spiro atoms. The van der Waals surface area contributed by atoms with E-state index in [1.807, 2.05) is 29.1 Å². The molecule has 0 fully saturated rings. The third-order valence-corrected chi connectivity index (χ3v) is 2.85. The van der Waals surface area contributed by atoms with Crippen molar-refractivity contribution < 1.29 is 0 Å². The minimum Gasteiger partial charge on any atom is -0.399 e. The fourth-order valence-corrected chi connectivity index (χ4v) is 1.66. The van der Waals surface area contributed by atoms with Crippen LogP contribution in [0.2, 0.25) is 0 Å². The van der Waals surface area contributed by atoms with Crippen LogP contribution in [0.3, 0.4) is 0 Å². The summed E-state index contributed by atoms with van der Waals surface area (Å²) >= 11 is 0. The molecule has 3 nitrogen and oxygen atoms in total. The largest absolute Gasteiger partial charge is 0.399 e. The second-order valence-electron chi connectivity index (χ2n) is 4.16. The molecule has 1 aromatic heterocycles. The van der Waals surface area contributed by atoms with Crippen LogP contribution < -0.4 is 5.73 Å². The van der Waals surface area contributed by atoms with E-state index in [1.54, 1.807) is 0 Å². The molecule has 3 heteroatoms. The first-order valence-electron chi connectivity index (χ1n) is 5.41. The molecule has 0 bridgehead atoms. The monoisotopic (exact) mass is 203 g/mol. The Balaban J connectivity index is 2.39. The van der Waals surface area contributed by atoms with Gasteiger partial charge < -0.3 is 5.73 Å². The zero-order valence-corrected chi connectivity index (χ0v) is 9.27. The van der Waals surface area contributed by atoms with E-state index in [0.29, 0.717) is 5.92 Å². The Morgan fingerprint density at radius 1 is 1.47 bits per heavy atom. The zero-order valence-electron chi connectivity index (χ0n) is 9.27. The highest BCUT2D eigenvalue weighted by Gasteiger charge is 2.05. The maximum absolute atomic E-state index is 5.77. The van der Waals surface area contributed by atoms with Gasteiger partial charge in [0.05, 0.1) is 11.7 Å². The Bertz CT molecular complexity index is 459. The molecule has 15 heavy (non-hydrogen) atoms. The predicted molar refractivity (Wildman–Crippen MR) is 63.6 cm³/mol. The molecule has 0 saturated carbocycles. The lowest BCUT2D eigenvalue weighted by molar-refractivity contribution is 0.448. The third-order valence-electron chi connectivity index (χ3n) is 2.85. The second kappa shape index (κ2) is 3.93. The summed E-state index contributed by atoms with van der Waals surface area (Å²) in [7, 11) is 0. The van der Waals surface area contributed by atoms with Crippen LogP contribution in [0.4, 0.5) is 5.69 Å². The van der Waals surface area contributed by atoms with Gasteiger partial charge in [0.2, 0.25) is 0 Å². The van der Waals surface area contributed by atoms with Crippen LogP contribution in [-0.2, 0) is 6.54 Å². The molecule has 80 valence electrons. The van der Waals surface area contributed by atoms with Crippen molar-refractivity contribution in [3.8, 4) is 0 Å². The van der Waals surface area contributed by atoms with Gasteiger partial charge in [0.15, 0.2) is 0 Å². The highest BCUT2D eigenvalue weighted by atomic mass is 15.3. The van der Waals surface area contributed by atoms with E-state index in [-0.39, 0.29) is 0 Å². The molecule has 2 aromatic rings. The van der Waals surface area contributed by atoms with Crippen molar-refractivity contribution in [2.24, 2.45) is 5.92 Å². The second-order valence-corrected chi connectivity index (χ2v) is 4.16. The van der Waals surface area contributed by atoms with Gasteiger partial charge in [-0.3, -0.25) is 4.68 Å². The summed E-state index contributed by atoms with van der Waals surface area (Å²) in [5.74, 6) is 0.648. The van der Waals surface area contributed by atoms with Crippen LogP contribution in [0.5, 0.6) is 0 Å². The minimum atomic E-state index is 0.648. The van der Waals surface area contributed by atoms with Crippen molar-refractivity contribution in [2.75, 3.05) is 5.73 Å². The van der Waals surface area contributed by atoms with Crippen LogP contribution in [0.1, 0.15) is 20.3 Å². The highest BCUT2D eigenvalue weighted by Crippen LogP contribution is 2.18. The molecular formula is C12H17N3. The third kappa shape index (κ3) is 1.96. The first-order chi connectivity index (χ1) is 7.20. The average Bonchev–Trinajstić information content (AvgIpc) is 2.61. The number of hydrogen-bond donors (Lipinski definition) is 1. The van der Waals surface area contributed by atoms with Crippen molar-refractivity contribution in [2.45, 2.75) is 26.8 Å². The number of aromatic nitrogens is 2. The Morgan fingerprint density at radius 2 is 2.27 bits per heavy atom. The molecule has 0 aliphatic carbocycles. The molecule has 0 aliphatic rings. The van der Waals surface area contributed by atoms with Gasteiger partial charge >= 0.3 is 0 Å². The fraction of sp³-hybridized carbons (Fsp3) is 0.417. The molecule has 0 unspecified atom stereocenters. The molecule has 1 atom stereocenters. The van der Waals surface area contributed by atoms with Crippen LogP contribution >= 0.6 is 0 Å². The number of rotatable bonds is 3. The Kier molecular flexibility index (Phi) is 2.62. The van der Waals surface area contributed by atoms with Gasteiger partial charge in [0, 0.05) is 17.6 Å². The lowest BCUT2D eigenvalue weighted by Gasteiger charge is -2.09. The molecule has 2 rings (SSSR count). The molecule has 0 saturated heterocycles. The average molecular weight is 203 g/mol. The first kappa shape index (κ1) is 10.0.